The maximum atomic E-state index is 11.1. The predicted octanol–water partition coefficient (Wildman–Crippen LogP) is 2.12. The van der Waals surface area contributed by atoms with Gasteiger partial charge >= 0.3 is 6.03 Å². The molecular weight excluding hydrogens is 184 g/mol. The third-order valence-corrected chi connectivity index (χ3v) is 1.76. The Bertz CT molecular complexity index is 284. The summed E-state index contributed by atoms with van der Waals surface area (Å²) in [6.45, 7) is 2.49. The molecule has 0 aliphatic heterocycles. The molecule has 0 saturated heterocycles. The number of thiol groups is 1. The molecule has 13 heavy (non-hydrogen) atoms. The molecule has 0 fully saturated rings. The first-order valence-electron chi connectivity index (χ1n) is 4.06. The van der Waals surface area contributed by atoms with Crippen molar-refractivity contribution in [3.63, 3.8) is 0 Å². The number of benzene rings is 1. The molecule has 1 aromatic carbocycles. The molecule has 0 unspecified atom stereocenters. The van der Waals surface area contributed by atoms with Gasteiger partial charge in [-0.15, -0.1) is 12.6 Å². The predicted molar refractivity (Wildman–Crippen MR) is 56.4 cm³/mol. The van der Waals surface area contributed by atoms with Gasteiger partial charge in [0.2, 0.25) is 0 Å². The molecule has 0 atom stereocenters. The second-order valence-corrected chi connectivity index (χ2v) is 3.05. The Morgan fingerprint density at radius 3 is 2.54 bits per heavy atom. The topological polar surface area (TPSA) is 41.1 Å². The van der Waals surface area contributed by atoms with Crippen LogP contribution in [-0.2, 0) is 0 Å². The first-order valence-corrected chi connectivity index (χ1v) is 4.51. The lowest BCUT2D eigenvalue weighted by Crippen LogP contribution is -2.28. The molecule has 0 aromatic heterocycles. The van der Waals surface area contributed by atoms with Gasteiger partial charge in [0.05, 0.1) is 0 Å². The van der Waals surface area contributed by atoms with Crippen molar-refractivity contribution < 1.29 is 4.79 Å². The minimum absolute atomic E-state index is 0.186. The lowest BCUT2D eigenvalue weighted by atomic mass is 10.3. The summed E-state index contributed by atoms with van der Waals surface area (Å²) < 4.78 is 0. The average Bonchev–Trinajstić information content (AvgIpc) is 2.09. The standard InChI is InChI=1S/C9H12N2OS/c1-2-10-9(12)11-7-3-5-8(13)6-4-7/h3-6,13H,2H2,1H3,(H2,10,11,12). The minimum Gasteiger partial charge on any atom is -0.338 e. The second kappa shape index (κ2) is 4.77. The number of carbonyl (C=O) groups excluding carboxylic acids is 1. The lowest BCUT2D eigenvalue weighted by Gasteiger charge is -2.05. The molecule has 0 saturated carbocycles. The van der Waals surface area contributed by atoms with Crippen molar-refractivity contribution in [1.82, 2.24) is 5.32 Å². The summed E-state index contributed by atoms with van der Waals surface area (Å²) in [5.41, 5.74) is 0.767. The molecule has 0 bridgehead atoms. The molecule has 0 aliphatic carbocycles. The highest BCUT2D eigenvalue weighted by Crippen LogP contribution is 2.11. The van der Waals surface area contributed by atoms with Gasteiger partial charge in [0.25, 0.3) is 0 Å². The van der Waals surface area contributed by atoms with Gasteiger partial charge in [-0.2, -0.15) is 0 Å². The average molecular weight is 196 g/mol. The van der Waals surface area contributed by atoms with E-state index in [1.165, 1.54) is 0 Å². The van der Waals surface area contributed by atoms with Gasteiger partial charge in [-0.3, -0.25) is 0 Å². The van der Waals surface area contributed by atoms with Gasteiger partial charge in [0.15, 0.2) is 0 Å². The third kappa shape index (κ3) is 3.38. The maximum absolute atomic E-state index is 11.1. The van der Waals surface area contributed by atoms with Crippen LogP contribution >= 0.6 is 12.6 Å². The highest BCUT2D eigenvalue weighted by molar-refractivity contribution is 7.80. The van der Waals surface area contributed by atoms with Crippen LogP contribution in [0.15, 0.2) is 29.2 Å². The van der Waals surface area contributed by atoms with Crippen molar-refractivity contribution in [2.24, 2.45) is 0 Å². The summed E-state index contributed by atoms with van der Waals surface area (Å²) in [6.07, 6.45) is 0. The summed E-state index contributed by atoms with van der Waals surface area (Å²) in [5, 5.41) is 5.33. The van der Waals surface area contributed by atoms with E-state index in [1.54, 1.807) is 12.1 Å². The van der Waals surface area contributed by atoms with Gasteiger partial charge in [-0.25, -0.2) is 4.79 Å². The van der Waals surface area contributed by atoms with E-state index in [4.69, 9.17) is 0 Å². The Kier molecular flexibility index (Phi) is 3.64. The van der Waals surface area contributed by atoms with E-state index < -0.39 is 0 Å². The smallest absolute Gasteiger partial charge is 0.319 e. The van der Waals surface area contributed by atoms with Crippen LogP contribution < -0.4 is 10.6 Å². The molecule has 1 rings (SSSR count). The first-order chi connectivity index (χ1) is 6.22. The van der Waals surface area contributed by atoms with Gasteiger partial charge in [-0.1, -0.05) is 0 Å². The molecule has 1 aromatic rings. The molecule has 0 radical (unpaired) electrons. The van der Waals surface area contributed by atoms with Gasteiger partial charge < -0.3 is 10.6 Å². The third-order valence-electron chi connectivity index (χ3n) is 1.46. The molecule has 0 aliphatic rings. The van der Waals surface area contributed by atoms with Crippen LogP contribution in [0.3, 0.4) is 0 Å². The number of rotatable bonds is 2. The van der Waals surface area contributed by atoms with Crippen LogP contribution in [0, 0.1) is 0 Å². The van der Waals surface area contributed by atoms with Gasteiger partial charge in [-0.05, 0) is 31.2 Å². The zero-order chi connectivity index (χ0) is 9.68. The highest BCUT2D eigenvalue weighted by Gasteiger charge is 1.97. The Morgan fingerprint density at radius 1 is 1.38 bits per heavy atom. The van der Waals surface area contributed by atoms with Crippen molar-refractivity contribution in [2.45, 2.75) is 11.8 Å². The van der Waals surface area contributed by atoms with E-state index in [-0.39, 0.29) is 6.03 Å². The van der Waals surface area contributed by atoms with E-state index in [9.17, 15) is 4.79 Å². The lowest BCUT2D eigenvalue weighted by molar-refractivity contribution is 0.252. The van der Waals surface area contributed by atoms with Crippen LogP contribution in [-0.4, -0.2) is 12.6 Å². The van der Waals surface area contributed by atoms with Crippen molar-refractivity contribution in [3.8, 4) is 0 Å². The van der Waals surface area contributed by atoms with E-state index in [2.05, 4.69) is 23.3 Å². The highest BCUT2D eigenvalue weighted by atomic mass is 32.1. The molecule has 70 valence electrons. The van der Waals surface area contributed by atoms with Crippen molar-refractivity contribution in [2.75, 3.05) is 11.9 Å². The summed E-state index contributed by atoms with van der Waals surface area (Å²) in [4.78, 5) is 11.9. The van der Waals surface area contributed by atoms with E-state index in [0.29, 0.717) is 6.54 Å². The zero-order valence-electron chi connectivity index (χ0n) is 7.37. The van der Waals surface area contributed by atoms with Crippen LogP contribution in [0.1, 0.15) is 6.92 Å². The SMILES string of the molecule is CCNC(=O)Nc1ccc(S)cc1. The van der Waals surface area contributed by atoms with E-state index in [1.807, 2.05) is 19.1 Å². The van der Waals surface area contributed by atoms with Crippen molar-refractivity contribution >= 4 is 24.3 Å². The number of carbonyl (C=O) groups is 1. The Balaban J connectivity index is 2.54. The Hall–Kier alpha value is -1.16. The Morgan fingerprint density at radius 2 is 2.00 bits per heavy atom. The number of hydrogen-bond donors (Lipinski definition) is 3. The first kappa shape index (κ1) is 9.92. The number of hydrogen-bond acceptors (Lipinski definition) is 2. The molecule has 2 amide bonds. The van der Waals surface area contributed by atoms with Gasteiger partial charge in [0.1, 0.15) is 0 Å². The molecule has 0 spiro atoms. The zero-order valence-corrected chi connectivity index (χ0v) is 8.27. The van der Waals surface area contributed by atoms with Crippen LogP contribution in [0.25, 0.3) is 0 Å². The molecule has 2 N–H and O–H groups in total. The number of urea groups is 1. The molecule has 3 nitrogen and oxygen atoms in total. The number of amides is 2. The van der Waals surface area contributed by atoms with E-state index in [0.717, 1.165) is 10.6 Å². The molecular formula is C9H12N2OS. The fourth-order valence-corrected chi connectivity index (χ4v) is 1.03. The van der Waals surface area contributed by atoms with E-state index >= 15 is 0 Å². The summed E-state index contributed by atoms with van der Waals surface area (Å²) >= 11 is 4.14. The van der Waals surface area contributed by atoms with Gasteiger partial charge in [0, 0.05) is 17.1 Å². The maximum Gasteiger partial charge on any atom is 0.319 e. The van der Waals surface area contributed by atoms with Crippen LogP contribution in [0.2, 0.25) is 0 Å². The number of nitrogens with one attached hydrogen (secondary N) is 2. The fraction of sp³-hybridized carbons (Fsp3) is 0.222. The monoisotopic (exact) mass is 196 g/mol. The van der Waals surface area contributed by atoms with Crippen LogP contribution in [0.4, 0.5) is 10.5 Å². The van der Waals surface area contributed by atoms with Crippen molar-refractivity contribution in [3.05, 3.63) is 24.3 Å². The summed E-state index contributed by atoms with van der Waals surface area (Å²) in [6, 6.07) is 7.07. The Labute approximate surface area is 82.9 Å². The van der Waals surface area contributed by atoms with Crippen molar-refractivity contribution in [1.29, 1.82) is 0 Å². The largest absolute Gasteiger partial charge is 0.338 e. The second-order valence-electron chi connectivity index (χ2n) is 2.53. The molecule has 0 heterocycles. The minimum atomic E-state index is -0.186. The fourth-order valence-electron chi connectivity index (χ4n) is 0.881. The summed E-state index contributed by atoms with van der Waals surface area (Å²) in [7, 11) is 0. The summed E-state index contributed by atoms with van der Waals surface area (Å²) in [5.74, 6) is 0. The number of anilines is 1. The molecule has 4 heteroatoms. The quantitative estimate of drug-likeness (QED) is 0.623. The van der Waals surface area contributed by atoms with Crippen LogP contribution in [0.5, 0.6) is 0 Å². The normalized spacial score (nSPS) is 9.38.